The summed E-state index contributed by atoms with van der Waals surface area (Å²) < 4.78 is 16.3. The number of nitrogens with one attached hydrogen (secondary N) is 1. The second kappa shape index (κ2) is 8.71. The molecule has 8 heteroatoms. The molecule has 2 heterocycles. The largest absolute Gasteiger partial charge is 0.496 e. The number of hydrogen-bond acceptors (Lipinski definition) is 7. The van der Waals surface area contributed by atoms with Crippen molar-refractivity contribution in [1.29, 1.82) is 0 Å². The van der Waals surface area contributed by atoms with E-state index in [4.69, 9.17) is 13.9 Å². The maximum absolute atomic E-state index is 12.6. The van der Waals surface area contributed by atoms with Crippen LogP contribution in [0, 0.1) is 20.8 Å². The zero-order valence-electron chi connectivity index (χ0n) is 17.8. The van der Waals surface area contributed by atoms with Crippen molar-refractivity contribution in [2.75, 3.05) is 19.0 Å². The first-order valence-corrected chi connectivity index (χ1v) is 10.3. The average Bonchev–Trinajstić information content (AvgIpc) is 3.19. The Morgan fingerprint density at radius 2 is 2.00 bits per heavy atom. The van der Waals surface area contributed by atoms with Gasteiger partial charge in [-0.05, 0) is 51.8 Å². The van der Waals surface area contributed by atoms with Crippen LogP contribution in [0.1, 0.15) is 46.1 Å². The third-order valence-corrected chi connectivity index (χ3v) is 5.81. The number of esters is 1. The molecular formula is C22H24N2O5S. The third-order valence-electron chi connectivity index (χ3n) is 4.76. The number of carbonyl (C=O) groups excluding carboxylic acids is 2. The molecule has 0 aliphatic carbocycles. The van der Waals surface area contributed by atoms with Gasteiger partial charge in [0, 0.05) is 23.1 Å². The number of ether oxygens (including phenoxy) is 2. The van der Waals surface area contributed by atoms with E-state index in [1.165, 1.54) is 6.08 Å². The molecule has 0 unspecified atom stereocenters. The molecule has 1 aromatic carbocycles. The fourth-order valence-electron chi connectivity index (χ4n) is 3.10. The van der Waals surface area contributed by atoms with Crippen LogP contribution in [-0.2, 0) is 9.53 Å². The third kappa shape index (κ3) is 4.23. The van der Waals surface area contributed by atoms with Crippen LogP contribution in [-0.4, -0.2) is 30.6 Å². The second-order valence-corrected chi connectivity index (χ2v) is 7.80. The fourth-order valence-corrected chi connectivity index (χ4v) is 3.96. The van der Waals surface area contributed by atoms with Crippen LogP contribution in [0.15, 0.2) is 22.6 Å². The highest BCUT2D eigenvalue weighted by Gasteiger charge is 2.18. The van der Waals surface area contributed by atoms with Gasteiger partial charge in [0.15, 0.2) is 5.13 Å². The highest BCUT2D eigenvalue weighted by molar-refractivity contribution is 7.17. The molecule has 0 saturated heterocycles. The van der Waals surface area contributed by atoms with Crippen LogP contribution >= 0.6 is 11.3 Å². The van der Waals surface area contributed by atoms with E-state index < -0.39 is 5.97 Å². The topological polar surface area (TPSA) is 90.7 Å². The number of hydrogen-bond donors (Lipinski definition) is 1. The smallest absolute Gasteiger partial charge is 0.350 e. The summed E-state index contributed by atoms with van der Waals surface area (Å²) in [6, 6.07) is 3.79. The van der Waals surface area contributed by atoms with E-state index in [9.17, 15) is 9.59 Å². The Labute approximate surface area is 178 Å². The second-order valence-electron chi connectivity index (χ2n) is 6.80. The molecular weight excluding hydrogens is 404 g/mol. The predicted octanol–water partition coefficient (Wildman–Crippen LogP) is 5.04. The Morgan fingerprint density at radius 1 is 1.27 bits per heavy atom. The van der Waals surface area contributed by atoms with Crippen molar-refractivity contribution in [2.24, 2.45) is 0 Å². The van der Waals surface area contributed by atoms with Gasteiger partial charge >= 0.3 is 5.97 Å². The highest BCUT2D eigenvalue weighted by atomic mass is 32.1. The molecule has 2 aromatic heterocycles. The number of benzene rings is 1. The van der Waals surface area contributed by atoms with Gasteiger partial charge < -0.3 is 13.9 Å². The number of allylic oxidation sites excluding steroid dienone is 1. The summed E-state index contributed by atoms with van der Waals surface area (Å²) in [5, 5.41) is 4.03. The number of aryl methyl sites for hydroxylation is 3. The van der Waals surface area contributed by atoms with Gasteiger partial charge in [-0.3, -0.25) is 10.1 Å². The van der Waals surface area contributed by atoms with Gasteiger partial charge in [0.1, 0.15) is 22.0 Å². The lowest BCUT2D eigenvalue weighted by Crippen LogP contribution is -2.08. The van der Waals surface area contributed by atoms with E-state index in [0.717, 1.165) is 44.8 Å². The standard InChI is InChI=1S/C22H24N2O5S/c1-7-28-21(26)20-13(4)23-22(30-20)24-19(25)8-11(2)15-9-16-12(3)14(5)29-18(16)10-17(15)27-6/h8-10H,7H2,1-6H3,(H,23,24,25)/b11-8+. The zero-order valence-corrected chi connectivity index (χ0v) is 18.7. The normalized spacial score (nSPS) is 11.6. The number of fused-ring (bicyclic) bond motifs is 1. The first kappa shape index (κ1) is 21.6. The van der Waals surface area contributed by atoms with Crippen LogP contribution in [0.2, 0.25) is 0 Å². The van der Waals surface area contributed by atoms with Crippen molar-refractivity contribution in [3.8, 4) is 5.75 Å². The molecule has 0 bridgehead atoms. The summed E-state index contributed by atoms with van der Waals surface area (Å²) in [5.41, 5.74) is 3.84. The fraction of sp³-hybridized carbons (Fsp3) is 0.318. The molecule has 0 aliphatic rings. The first-order chi connectivity index (χ1) is 14.2. The predicted molar refractivity (Wildman–Crippen MR) is 117 cm³/mol. The number of amides is 1. The molecule has 3 aromatic rings. The molecule has 0 atom stereocenters. The Bertz CT molecular complexity index is 1160. The number of rotatable bonds is 6. The van der Waals surface area contributed by atoms with Crippen molar-refractivity contribution < 1.29 is 23.5 Å². The van der Waals surface area contributed by atoms with Gasteiger partial charge in [-0.1, -0.05) is 11.3 Å². The minimum Gasteiger partial charge on any atom is -0.496 e. The van der Waals surface area contributed by atoms with E-state index in [2.05, 4.69) is 10.3 Å². The highest BCUT2D eigenvalue weighted by Crippen LogP contribution is 2.35. The Morgan fingerprint density at radius 3 is 2.67 bits per heavy atom. The SMILES string of the molecule is CCOC(=O)c1sc(NC(=O)/C=C(\C)c2cc3c(C)c(C)oc3cc2OC)nc1C. The number of aromatic nitrogens is 1. The number of carbonyl (C=O) groups is 2. The van der Waals surface area contributed by atoms with Crippen molar-refractivity contribution in [3.05, 3.63) is 45.7 Å². The zero-order chi connectivity index (χ0) is 22.0. The monoisotopic (exact) mass is 428 g/mol. The number of anilines is 1. The van der Waals surface area contributed by atoms with Gasteiger partial charge in [-0.2, -0.15) is 0 Å². The number of nitrogens with zero attached hydrogens (tertiary/aromatic N) is 1. The summed E-state index contributed by atoms with van der Waals surface area (Å²) in [5.74, 6) is 0.676. The van der Waals surface area contributed by atoms with Gasteiger partial charge in [-0.15, -0.1) is 0 Å². The minimum absolute atomic E-state index is 0.279. The van der Waals surface area contributed by atoms with E-state index in [0.29, 0.717) is 21.5 Å². The van der Waals surface area contributed by atoms with E-state index in [1.807, 2.05) is 32.9 Å². The molecule has 3 rings (SSSR count). The van der Waals surface area contributed by atoms with Crippen molar-refractivity contribution in [2.45, 2.75) is 34.6 Å². The molecule has 0 saturated carbocycles. The summed E-state index contributed by atoms with van der Waals surface area (Å²) >= 11 is 1.09. The first-order valence-electron chi connectivity index (χ1n) is 9.47. The quantitative estimate of drug-likeness (QED) is 0.437. The summed E-state index contributed by atoms with van der Waals surface area (Å²) in [6.07, 6.45) is 1.48. The van der Waals surface area contributed by atoms with Crippen LogP contribution in [0.4, 0.5) is 5.13 Å². The van der Waals surface area contributed by atoms with Gasteiger partial charge in [0.2, 0.25) is 5.91 Å². The number of furan rings is 1. The lowest BCUT2D eigenvalue weighted by molar-refractivity contribution is -0.111. The van der Waals surface area contributed by atoms with Crippen molar-refractivity contribution >= 4 is 44.9 Å². The van der Waals surface area contributed by atoms with E-state index >= 15 is 0 Å². The molecule has 7 nitrogen and oxygen atoms in total. The Balaban J connectivity index is 1.86. The summed E-state index contributed by atoms with van der Waals surface area (Å²) in [7, 11) is 1.58. The maximum atomic E-state index is 12.6. The molecule has 1 amide bonds. The Hall–Kier alpha value is -3.13. The van der Waals surface area contributed by atoms with Crippen LogP contribution in [0.5, 0.6) is 5.75 Å². The van der Waals surface area contributed by atoms with Crippen molar-refractivity contribution in [1.82, 2.24) is 4.98 Å². The Kier molecular flexibility index (Phi) is 6.26. The molecule has 1 N–H and O–H groups in total. The lowest BCUT2D eigenvalue weighted by atomic mass is 10.0. The minimum atomic E-state index is -0.441. The van der Waals surface area contributed by atoms with Gasteiger partial charge in [0.05, 0.1) is 19.4 Å². The molecule has 0 spiro atoms. The van der Waals surface area contributed by atoms with Crippen LogP contribution < -0.4 is 10.1 Å². The van der Waals surface area contributed by atoms with Gasteiger partial charge in [-0.25, -0.2) is 9.78 Å². The van der Waals surface area contributed by atoms with Gasteiger partial charge in [0.25, 0.3) is 0 Å². The number of methoxy groups -OCH3 is 1. The van der Waals surface area contributed by atoms with Crippen LogP contribution in [0.3, 0.4) is 0 Å². The van der Waals surface area contributed by atoms with E-state index in [-0.39, 0.29) is 12.5 Å². The summed E-state index contributed by atoms with van der Waals surface area (Å²) in [6.45, 7) is 9.47. The molecule has 30 heavy (non-hydrogen) atoms. The number of thiazole rings is 1. The molecule has 158 valence electrons. The molecule has 0 aliphatic heterocycles. The maximum Gasteiger partial charge on any atom is 0.350 e. The van der Waals surface area contributed by atoms with Crippen molar-refractivity contribution in [3.63, 3.8) is 0 Å². The molecule has 0 fully saturated rings. The van der Waals surface area contributed by atoms with E-state index in [1.54, 1.807) is 21.0 Å². The lowest BCUT2D eigenvalue weighted by Gasteiger charge is -2.09. The summed E-state index contributed by atoms with van der Waals surface area (Å²) in [4.78, 5) is 29.1. The van der Waals surface area contributed by atoms with Crippen LogP contribution in [0.25, 0.3) is 16.5 Å². The average molecular weight is 429 g/mol. The molecule has 0 radical (unpaired) electrons.